The Bertz CT molecular complexity index is 1640. The van der Waals surface area contributed by atoms with Gasteiger partial charge in [-0.15, -0.1) is 0 Å². The SMILES string of the molecule is CC(C)(C=O)c1c(Cc2ccc(C(=O)O)cc2)c2c(OCc3ccccc3)cccc2n1-c1ccc(F)cc1. The van der Waals surface area contributed by atoms with E-state index in [9.17, 15) is 19.1 Å². The van der Waals surface area contributed by atoms with Crippen molar-refractivity contribution in [2.75, 3.05) is 0 Å². The summed E-state index contributed by atoms with van der Waals surface area (Å²) >= 11 is 0. The third-order valence-electron chi connectivity index (χ3n) is 6.87. The highest BCUT2D eigenvalue weighted by Crippen LogP contribution is 2.42. The van der Waals surface area contributed by atoms with Crippen molar-refractivity contribution in [1.29, 1.82) is 0 Å². The molecule has 0 saturated carbocycles. The molecule has 5 aromatic rings. The number of nitrogens with zero attached hydrogens (tertiary/aromatic N) is 1. The first kappa shape index (κ1) is 25.9. The van der Waals surface area contributed by atoms with E-state index in [1.54, 1.807) is 36.4 Å². The molecule has 0 aliphatic carbocycles. The maximum absolute atomic E-state index is 13.9. The molecule has 4 aromatic carbocycles. The number of aromatic carboxylic acids is 1. The van der Waals surface area contributed by atoms with Gasteiger partial charge in [0.1, 0.15) is 24.5 Å². The quantitative estimate of drug-likeness (QED) is 0.210. The number of fused-ring (bicyclic) bond motifs is 1. The summed E-state index contributed by atoms with van der Waals surface area (Å²) in [6.45, 7) is 4.08. The van der Waals surface area contributed by atoms with Crippen molar-refractivity contribution in [3.63, 3.8) is 0 Å². The summed E-state index contributed by atoms with van der Waals surface area (Å²) in [7, 11) is 0. The summed E-state index contributed by atoms with van der Waals surface area (Å²) in [5.41, 5.74) is 4.41. The second-order valence-electron chi connectivity index (χ2n) is 10.1. The second-order valence-corrected chi connectivity index (χ2v) is 10.1. The number of hydrogen-bond donors (Lipinski definition) is 1. The van der Waals surface area contributed by atoms with Crippen molar-refractivity contribution in [1.82, 2.24) is 4.57 Å². The molecule has 5 rings (SSSR count). The number of aromatic nitrogens is 1. The molecule has 6 heteroatoms. The average molecular weight is 522 g/mol. The van der Waals surface area contributed by atoms with Gasteiger partial charge in [-0.2, -0.15) is 0 Å². The molecule has 39 heavy (non-hydrogen) atoms. The summed E-state index contributed by atoms with van der Waals surface area (Å²) in [6.07, 6.45) is 1.35. The van der Waals surface area contributed by atoms with Gasteiger partial charge in [-0.3, -0.25) is 0 Å². The Balaban J connectivity index is 1.76. The number of carboxylic acids is 1. The summed E-state index contributed by atoms with van der Waals surface area (Å²) in [5, 5.41) is 10.2. The Morgan fingerprint density at radius 3 is 2.23 bits per heavy atom. The molecule has 0 spiro atoms. The highest BCUT2D eigenvalue weighted by molar-refractivity contribution is 5.95. The minimum atomic E-state index is -0.992. The lowest BCUT2D eigenvalue weighted by atomic mass is 9.85. The Morgan fingerprint density at radius 2 is 1.59 bits per heavy atom. The lowest BCUT2D eigenvalue weighted by Gasteiger charge is -2.23. The van der Waals surface area contributed by atoms with Gasteiger partial charge in [0.05, 0.1) is 16.5 Å². The lowest BCUT2D eigenvalue weighted by Crippen LogP contribution is -2.24. The maximum atomic E-state index is 13.9. The zero-order chi connectivity index (χ0) is 27.6. The van der Waals surface area contributed by atoms with Crippen molar-refractivity contribution >= 4 is 23.2 Å². The van der Waals surface area contributed by atoms with Crippen LogP contribution in [-0.2, 0) is 23.2 Å². The van der Waals surface area contributed by atoms with E-state index in [0.717, 1.165) is 45.3 Å². The maximum Gasteiger partial charge on any atom is 0.335 e. The summed E-state index contributed by atoms with van der Waals surface area (Å²) in [5.74, 6) is -0.678. The number of benzene rings is 4. The van der Waals surface area contributed by atoms with Gasteiger partial charge < -0.3 is 19.2 Å². The molecule has 1 heterocycles. The number of carboxylic acid groups (broad SMARTS) is 1. The normalized spacial score (nSPS) is 11.5. The zero-order valence-electron chi connectivity index (χ0n) is 21.7. The number of ether oxygens (including phenoxy) is 1. The number of aldehydes is 1. The van der Waals surface area contributed by atoms with E-state index in [4.69, 9.17) is 4.74 Å². The largest absolute Gasteiger partial charge is 0.488 e. The molecule has 0 unspecified atom stereocenters. The smallest absolute Gasteiger partial charge is 0.335 e. The molecule has 0 saturated heterocycles. The monoisotopic (exact) mass is 521 g/mol. The molecule has 0 amide bonds. The van der Waals surface area contributed by atoms with Crippen LogP contribution in [0.4, 0.5) is 4.39 Å². The fraction of sp³-hybridized carbons (Fsp3) is 0.152. The van der Waals surface area contributed by atoms with Crippen LogP contribution in [0.25, 0.3) is 16.6 Å². The summed E-state index contributed by atoms with van der Waals surface area (Å²) in [4.78, 5) is 23.9. The van der Waals surface area contributed by atoms with E-state index >= 15 is 0 Å². The summed E-state index contributed by atoms with van der Waals surface area (Å²) < 4.78 is 22.3. The minimum Gasteiger partial charge on any atom is -0.488 e. The third kappa shape index (κ3) is 5.18. The van der Waals surface area contributed by atoms with E-state index in [1.165, 1.54) is 12.1 Å². The van der Waals surface area contributed by atoms with Gasteiger partial charge in [-0.25, -0.2) is 9.18 Å². The van der Waals surface area contributed by atoms with Gasteiger partial charge >= 0.3 is 5.97 Å². The van der Waals surface area contributed by atoms with Gasteiger partial charge in [0, 0.05) is 23.2 Å². The van der Waals surface area contributed by atoms with Crippen molar-refractivity contribution < 1.29 is 23.8 Å². The Labute approximate surface area is 226 Å². The molecule has 1 N–H and O–H groups in total. The molecule has 0 atom stereocenters. The van der Waals surface area contributed by atoms with Gasteiger partial charge in [0.15, 0.2) is 0 Å². The van der Waals surface area contributed by atoms with Crippen LogP contribution < -0.4 is 4.74 Å². The minimum absolute atomic E-state index is 0.202. The van der Waals surface area contributed by atoms with Gasteiger partial charge in [0.25, 0.3) is 0 Å². The Hall–Kier alpha value is -4.71. The molecular weight excluding hydrogens is 493 g/mol. The zero-order valence-corrected chi connectivity index (χ0v) is 21.7. The first-order valence-corrected chi connectivity index (χ1v) is 12.7. The number of hydrogen-bond acceptors (Lipinski definition) is 3. The predicted octanol–water partition coefficient (Wildman–Crippen LogP) is 7.11. The van der Waals surface area contributed by atoms with Crippen LogP contribution >= 0.6 is 0 Å². The van der Waals surface area contributed by atoms with Gasteiger partial charge in [-0.05, 0) is 79.1 Å². The Morgan fingerprint density at radius 1 is 0.897 bits per heavy atom. The lowest BCUT2D eigenvalue weighted by molar-refractivity contribution is -0.111. The molecule has 0 fully saturated rings. The highest BCUT2D eigenvalue weighted by atomic mass is 19.1. The van der Waals surface area contributed by atoms with Crippen molar-refractivity contribution in [3.05, 3.63) is 131 Å². The van der Waals surface area contributed by atoms with Crippen molar-refractivity contribution in [2.24, 2.45) is 0 Å². The molecule has 1 aromatic heterocycles. The van der Waals surface area contributed by atoms with E-state index in [1.807, 2.05) is 66.9 Å². The molecular formula is C33H28FNO4. The fourth-order valence-electron chi connectivity index (χ4n) is 4.97. The topological polar surface area (TPSA) is 68.5 Å². The van der Waals surface area contributed by atoms with Gasteiger partial charge in [0.2, 0.25) is 0 Å². The van der Waals surface area contributed by atoms with E-state index in [-0.39, 0.29) is 11.4 Å². The third-order valence-corrected chi connectivity index (χ3v) is 6.87. The van der Waals surface area contributed by atoms with Crippen LogP contribution in [0.15, 0.2) is 97.1 Å². The number of halogens is 1. The Kier molecular flexibility index (Phi) is 7.03. The average Bonchev–Trinajstić information content (AvgIpc) is 3.28. The number of carbonyl (C=O) groups is 2. The highest BCUT2D eigenvalue weighted by Gasteiger charge is 2.32. The number of rotatable bonds is 9. The van der Waals surface area contributed by atoms with Crippen molar-refractivity contribution in [3.8, 4) is 11.4 Å². The molecule has 0 bridgehead atoms. The van der Waals surface area contributed by atoms with E-state index in [0.29, 0.717) is 18.8 Å². The van der Waals surface area contributed by atoms with Crippen LogP contribution in [0.3, 0.4) is 0 Å². The standard InChI is InChI=1S/C33H28FNO4/c1-33(2,21-36)31-27(19-22-11-13-24(14-12-22)32(37)38)30-28(35(31)26-17-15-25(34)16-18-26)9-6-10-29(30)39-20-23-7-4-3-5-8-23/h3-18,21H,19-20H2,1-2H3,(H,37,38). The predicted molar refractivity (Wildman–Crippen MR) is 149 cm³/mol. The second kappa shape index (κ2) is 10.6. The molecule has 5 nitrogen and oxygen atoms in total. The molecule has 196 valence electrons. The van der Waals surface area contributed by atoms with Crippen LogP contribution in [0.5, 0.6) is 5.75 Å². The van der Waals surface area contributed by atoms with Crippen LogP contribution in [-0.4, -0.2) is 21.9 Å². The molecule has 0 aliphatic rings. The molecule has 0 radical (unpaired) electrons. The van der Waals surface area contributed by atoms with E-state index in [2.05, 4.69) is 0 Å². The van der Waals surface area contributed by atoms with Crippen LogP contribution in [0.1, 0.15) is 46.6 Å². The molecule has 0 aliphatic heterocycles. The van der Waals surface area contributed by atoms with Crippen LogP contribution in [0.2, 0.25) is 0 Å². The van der Waals surface area contributed by atoms with Crippen LogP contribution in [0, 0.1) is 5.82 Å². The van der Waals surface area contributed by atoms with E-state index < -0.39 is 11.4 Å². The first-order chi connectivity index (χ1) is 18.8. The summed E-state index contributed by atoms with van der Waals surface area (Å²) in [6, 6.07) is 28.6. The number of carbonyl (C=O) groups excluding carboxylic acids is 1. The van der Waals surface area contributed by atoms with Crippen molar-refractivity contribution in [2.45, 2.75) is 32.3 Å². The fourth-order valence-corrected chi connectivity index (χ4v) is 4.97. The first-order valence-electron chi connectivity index (χ1n) is 12.7. The van der Waals surface area contributed by atoms with Gasteiger partial charge in [-0.1, -0.05) is 48.5 Å².